The number of hydrogen-bond donors (Lipinski definition) is 3. The van der Waals surface area contributed by atoms with E-state index in [1.165, 1.54) is 0 Å². The standard InChI is InChI=1S/C17H29N5O2/c1-4-6-12-10-22(8-7-16(23)18-3)11-15(12)19-17(24)14-9-13(5-2)20-21-14/h9,12,15H,4-8,10-11H2,1-3H3,(H,18,23)(H,19,24)(H,20,21)/t12-,15-/m0/s1. The van der Waals surface area contributed by atoms with Crippen molar-refractivity contribution in [1.82, 2.24) is 25.7 Å². The number of amides is 2. The summed E-state index contributed by atoms with van der Waals surface area (Å²) in [4.78, 5) is 26.1. The topological polar surface area (TPSA) is 90.1 Å². The van der Waals surface area contributed by atoms with E-state index in [-0.39, 0.29) is 17.9 Å². The van der Waals surface area contributed by atoms with Gasteiger partial charge in [-0.1, -0.05) is 20.3 Å². The van der Waals surface area contributed by atoms with Gasteiger partial charge in [0.2, 0.25) is 5.91 Å². The maximum absolute atomic E-state index is 12.4. The van der Waals surface area contributed by atoms with Crippen molar-refractivity contribution >= 4 is 11.8 Å². The summed E-state index contributed by atoms with van der Waals surface area (Å²) in [6.07, 6.45) is 3.48. The summed E-state index contributed by atoms with van der Waals surface area (Å²) in [5, 5.41) is 12.8. The molecule has 0 aromatic carbocycles. The van der Waals surface area contributed by atoms with E-state index in [0.29, 0.717) is 18.0 Å². The van der Waals surface area contributed by atoms with Gasteiger partial charge in [-0.2, -0.15) is 5.10 Å². The monoisotopic (exact) mass is 335 g/mol. The van der Waals surface area contributed by atoms with Crippen LogP contribution in [-0.4, -0.2) is 59.6 Å². The number of rotatable bonds is 8. The van der Waals surface area contributed by atoms with E-state index in [0.717, 1.165) is 44.6 Å². The van der Waals surface area contributed by atoms with E-state index in [9.17, 15) is 9.59 Å². The molecule has 134 valence electrons. The number of nitrogens with one attached hydrogen (secondary N) is 3. The van der Waals surface area contributed by atoms with Crippen LogP contribution in [0, 0.1) is 5.92 Å². The predicted molar refractivity (Wildman–Crippen MR) is 92.7 cm³/mol. The van der Waals surface area contributed by atoms with Crippen LogP contribution in [0.25, 0.3) is 0 Å². The summed E-state index contributed by atoms with van der Waals surface area (Å²) in [6, 6.07) is 1.92. The van der Waals surface area contributed by atoms with E-state index >= 15 is 0 Å². The fraction of sp³-hybridized carbons (Fsp3) is 0.706. The van der Waals surface area contributed by atoms with Crippen molar-refractivity contribution in [2.75, 3.05) is 26.7 Å². The predicted octanol–water partition coefficient (Wildman–Crippen LogP) is 0.939. The SMILES string of the molecule is CCC[C@H]1CN(CCC(=O)NC)C[C@@H]1NC(=O)c1cc(CC)[nH]n1. The number of aromatic amines is 1. The lowest BCUT2D eigenvalue weighted by Gasteiger charge is -2.18. The van der Waals surface area contributed by atoms with Crippen molar-refractivity contribution in [3.63, 3.8) is 0 Å². The molecule has 0 aliphatic carbocycles. The molecule has 1 aliphatic heterocycles. The maximum Gasteiger partial charge on any atom is 0.272 e. The van der Waals surface area contributed by atoms with Gasteiger partial charge in [0.1, 0.15) is 5.69 Å². The van der Waals surface area contributed by atoms with Gasteiger partial charge in [-0.25, -0.2) is 0 Å². The highest BCUT2D eigenvalue weighted by Gasteiger charge is 2.33. The molecule has 1 fully saturated rings. The Morgan fingerprint density at radius 3 is 2.79 bits per heavy atom. The number of carbonyl (C=O) groups is 2. The Hall–Kier alpha value is -1.89. The van der Waals surface area contributed by atoms with Crippen molar-refractivity contribution in [3.8, 4) is 0 Å². The number of nitrogens with zero attached hydrogens (tertiary/aromatic N) is 2. The lowest BCUT2D eigenvalue weighted by molar-refractivity contribution is -0.120. The maximum atomic E-state index is 12.4. The van der Waals surface area contributed by atoms with Gasteiger partial charge in [0.05, 0.1) is 0 Å². The summed E-state index contributed by atoms with van der Waals surface area (Å²) in [5.41, 5.74) is 1.41. The van der Waals surface area contributed by atoms with E-state index in [2.05, 4.69) is 32.7 Å². The molecule has 1 saturated heterocycles. The second kappa shape index (κ2) is 8.82. The highest BCUT2D eigenvalue weighted by Crippen LogP contribution is 2.22. The summed E-state index contributed by atoms with van der Waals surface area (Å²) in [5.74, 6) is 0.358. The van der Waals surface area contributed by atoms with Gasteiger partial charge < -0.3 is 15.5 Å². The first-order chi connectivity index (χ1) is 11.6. The molecule has 0 spiro atoms. The Morgan fingerprint density at radius 1 is 1.38 bits per heavy atom. The molecule has 0 radical (unpaired) electrons. The summed E-state index contributed by atoms with van der Waals surface area (Å²) in [7, 11) is 1.66. The molecule has 3 N–H and O–H groups in total. The Bertz CT molecular complexity index is 557. The van der Waals surface area contributed by atoms with Crippen LogP contribution in [-0.2, 0) is 11.2 Å². The summed E-state index contributed by atoms with van der Waals surface area (Å²) < 4.78 is 0. The van der Waals surface area contributed by atoms with Gasteiger partial charge in [0, 0.05) is 44.8 Å². The highest BCUT2D eigenvalue weighted by atomic mass is 16.2. The van der Waals surface area contributed by atoms with Crippen LogP contribution in [0.3, 0.4) is 0 Å². The fourth-order valence-electron chi connectivity index (χ4n) is 3.26. The van der Waals surface area contributed by atoms with Crippen LogP contribution in [0.2, 0.25) is 0 Å². The molecule has 7 nitrogen and oxygen atoms in total. The third kappa shape index (κ3) is 4.80. The number of carbonyl (C=O) groups excluding carboxylic acids is 2. The third-order valence-electron chi connectivity index (χ3n) is 4.67. The Labute approximate surface area is 143 Å². The first-order valence-corrected chi connectivity index (χ1v) is 8.85. The molecule has 0 saturated carbocycles. The van der Waals surface area contributed by atoms with Crippen molar-refractivity contribution in [3.05, 3.63) is 17.5 Å². The second-order valence-corrected chi connectivity index (χ2v) is 6.44. The molecule has 1 aromatic rings. The van der Waals surface area contributed by atoms with Crippen molar-refractivity contribution in [2.24, 2.45) is 5.92 Å². The van der Waals surface area contributed by atoms with Crippen LogP contribution in [0.5, 0.6) is 0 Å². The van der Waals surface area contributed by atoms with E-state index in [4.69, 9.17) is 0 Å². The van der Waals surface area contributed by atoms with E-state index in [1.54, 1.807) is 7.05 Å². The normalized spacial score (nSPS) is 21.0. The van der Waals surface area contributed by atoms with Crippen LogP contribution in [0.15, 0.2) is 6.07 Å². The zero-order valence-corrected chi connectivity index (χ0v) is 14.9. The number of likely N-dealkylation sites (tertiary alicyclic amines) is 1. The first-order valence-electron chi connectivity index (χ1n) is 8.85. The number of hydrogen-bond acceptors (Lipinski definition) is 4. The molecule has 7 heteroatoms. The molecule has 0 bridgehead atoms. The smallest absolute Gasteiger partial charge is 0.272 e. The average molecular weight is 335 g/mol. The van der Waals surface area contributed by atoms with Gasteiger partial charge in [-0.15, -0.1) is 0 Å². The largest absolute Gasteiger partial charge is 0.359 e. The molecule has 0 unspecified atom stereocenters. The van der Waals surface area contributed by atoms with Crippen molar-refractivity contribution in [1.29, 1.82) is 0 Å². The van der Waals surface area contributed by atoms with Crippen molar-refractivity contribution < 1.29 is 9.59 Å². The molecule has 24 heavy (non-hydrogen) atoms. The zero-order valence-electron chi connectivity index (χ0n) is 14.9. The third-order valence-corrected chi connectivity index (χ3v) is 4.67. The molecular formula is C17H29N5O2. The van der Waals surface area contributed by atoms with Crippen LogP contribution >= 0.6 is 0 Å². The van der Waals surface area contributed by atoms with Crippen molar-refractivity contribution in [2.45, 2.75) is 45.6 Å². The quantitative estimate of drug-likeness (QED) is 0.659. The molecule has 1 aliphatic rings. The zero-order chi connectivity index (χ0) is 17.5. The highest BCUT2D eigenvalue weighted by molar-refractivity contribution is 5.92. The first kappa shape index (κ1) is 18.4. The number of H-pyrrole nitrogens is 1. The molecule has 2 rings (SSSR count). The minimum atomic E-state index is -0.120. The number of aromatic nitrogens is 2. The Kier molecular flexibility index (Phi) is 6.78. The molecule has 2 heterocycles. The molecule has 2 atom stereocenters. The minimum Gasteiger partial charge on any atom is -0.359 e. The molecule has 1 aromatic heterocycles. The summed E-state index contributed by atoms with van der Waals surface area (Å²) in [6.45, 7) is 6.63. The van der Waals surface area contributed by atoms with Crippen LogP contribution in [0.1, 0.15) is 49.3 Å². The Morgan fingerprint density at radius 2 is 2.17 bits per heavy atom. The summed E-state index contributed by atoms with van der Waals surface area (Å²) >= 11 is 0. The Balaban J connectivity index is 1.93. The average Bonchev–Trinajstić information content (AvgIpc) is 3.20. The lowest BCUT2D eigenvalue weighted by atomic mass is 9.98. The van der Waals surface area contributed by atoms with Crippen LogP contribution in [0.4, 0.5) is 0 Å². The van der Waals surface area contributed by atoms with Gasteiger partial charge in [0.25, 0.3) is 5.91 Å². The fourth-order valence-corrected chi connectivity index (χ4v) is 3.26. The van der Waals surface area contributed by atoms with Gasteiger partial charge in [-0.05, 0) is 24.8 Å². The van der Waals surface area contributed by atoms with E-state index in [1.807, 2.05) is 13.0 Å². The minimum absolute atomic E-state index is 0.0538. The van der Waals surface area contributed by atoms with Gasteiger partial charge in [0.15, 0.2) is 0 Å². The van der Waals surface area contributed by atoms with Gasteiger partial charge >= 0.3 is 0 Å². The second-order valence-electron chi connectivity index (χ2n) is 6.44. The van der Waals surface area contributed by atoms with Gasteiger partial charge in [-0.3, -0.25) is 14.7 Å². The van der Waals surface area contributed by atoms with Crippen LogP contribution < -0.4 is 10.6 Å². The molecular weight excluding hydrogens is 306 g/mol. The lowest BCUT2D eigenvalue weighted by Crippen LogP contribution is -2.41. The number of aryl methyl sites for hydroxylation is 1. The molecule has 2 amide bonds. The van der Waals surface area contributed by atoms with E-state index < -0.39 is 0 Å².